The summed E-state index contributed by atoms with van der Waals surface area (Å²) in [6.07, 6.45) is 1.35. The van der Waals surface area contributed by atoms with Crippen molar-refractivity contribution in [2.75, 3.05) is 5.32 Å². The van der Waals surface area contributed by atoms with Crippen molar-refractivity contribution in [3.8, 4) is 11.3 Å². The van der Waals surface area contributed by atoms with Gasteiger partial charge in [-0.05, 0) is 30.3 Å². The van der Waals surface area contributed by atoms with E-state index in [1.165, 1.54) is 29.2 Å². The topological polar surface area (TPSA) is 85.8 Å². The molecule has 2 aromatic heterocycles. The van der Waals surface area contributed by atoms with Gasteiger partial charge in [-0.25, -0.2) is 14.1 Å². The Kier molecular flexibility index (Phi) is 5.72. The van der Waals surface area contributed by atoms with Crippen LogP contribution in [0, 0.1) is 5.82 Å². The van der Waals surface area contributed by atoms with Crippen LogP contribution in [-0.2, 0) is 6.54 Å². The molecule has 0 bridgehead atoms. The van der Waals surface area contributed by atoms with Gasteiger partial charge in [0.25, 0.3) is 5.91 Å². The van der Waals surface area contributed by atoms with E-state index in [0.29, 0.717) is 21.4 Å². The predicted octanol–water partition coefficient (Wildman–Crippen LogP) is 5.33. The van der Waals surface area contributed by atoms with Crippen molar-refractivity contribution >= 4 is 46.7 Å². The van der Waals surface area contributed by atoms with Gasteiger partial charge in [-0.15, -0.1) is 5.10 Å². The second-order valence-electron chi connectivity index (χ2n) is 6.12. The smallest absolute Gasteiger partial charge is 0.280 e. The van der Waals surface area contributed by atoms with E-state index < -0.39 is 11.7 Å². The molecule has 0 radical (unpaired) electrons. The highest BCUT2D eigenvalue weighted by atomic mass is 35.5. The van der Waals surface area contributed by atoms with E-state index in [-0.39, 0.29) is 28.8 Å². The molecule has 2 aromatic carbocycles. The number of nitrogens with one attached hydrogen (secondary N) is 1. The van der Waals surface area contributed by atoms with Crippen LogP contribution in [0.25, 0.3) is 11.3 Å². The molecule has 0 aliphatic heterocycles. The highest BCUT2D eigenvalue weighted by molar-refractivity contribution is 6.36. The Bertz CT molecular complexity index is 1220. The number of carbonyl (C=O) groups is 1. The van der Waals surface area contributed by atoms with Gasteiger partial charge in [0.1, 0.15) is 12.1 Å². The van der Waals surface area contributed by atoms with Gasteiger partial charge in [-0.1, -0.05) is 46.0 Å². The molecule has 4 rings (SSSR count). The first kappa shape index (κ1) is 20.3. The SMILES string of the molecule is O=C(Nc1ncn(Cc2c(F)cccc2Cl)n1)c1cc(-c2ccc(Cl)cc2Cl)on1. The number of aromatic nitrogens is 4. The van der Waals surface area contributed by atoms with Gasteiger partial charge in [0.05, 0.1) is 11.6 Å². The lowest BCUT2D eigenvalue weighted by atomic mass is 10.1. The van der Waals surface area contributed by atoms with E-state index in [0.717, 1.165) is 0 Å². The number of hydrogen-bond acceptors (Lipinski definition) is 5. The monoisotopic (exact) mass is 465 g/mol. The van der Waals surface area contributed by atoms with E-state index >= 15 is 0 Å². The van der Waals surface area contributed by atoms with Gasteiger partial charge in [-0.3, -0.25) is 10.1 Å². The highest BCUT2D eigenvalue weighted by Gasteiger charge is 2.17. The van der Waals surface area contributed by atoms with E-state index in [9.17, 15) is 9.18 Å². The van der Waals surface area contributed by atoms with Gasteiger partial charge >= 0.3 is 0 Å². The number of halogens is 4. The molecule has 2 heterocycles. The molecule has 0 saturated heterocycles. The van der Waals surface area contributed by atoms with Crippen LogP contribution in [0.2, 0.25) is 15.1 Å². The van der Waals surface area contributed by atoms with Gasteiger partial charge in [0.2, 0.25) is 5.95 Å². The lowest BCUT2D eigenvalue weighted by molar-refractivity contribution is 0.101. The first-order chi connectivity index (χ1) is 14.4. The Hall–Kier alpha value is -2.94. The zero-order chi connectivity index (χ0) is 21.3. The van der Waals surface area contributed by atoms with Gasteiger partial charge in [0, 0.05) is 27.2 Å². The molecular weight excluding hydrogens is 456 g/mol. The summed E-state index contributed by atoms with van der Waals surface area (Å²) in [6, 6.07) is 10.7. The van der Waals surface area contributed by atoms with Crippen LogP contribution in [0.5, 0.6) is 0 Å². The molecule has 1 N–H and O–H groups in total. The molecular formula is C19H11Cl3FN5O2. The standard InChI is InChI=1S/C19H11Cl3FN5O2/c20-10-4-5-11(14(22)6-10)17-7-16(27-30-17)18(29)25-19-24-9-28(26-19)8-12-13(21)2-1-3-15(12)23/h1-7,9H,8H2,(H,25,26,29). The van der Waals surface area contributed by atoms with Crippen molar-refractivity contribution < 1.29 is 13.7 Å². The summed E-state index contributed by atoms with van der Waals surface area (Å²) in [5.74, 6) is -0.729. The van der Waals surface area contributed by atoms with E-state index in [1.807, 2.05) is 0 Å². The van der Waals surface area contributed by atoms with Gasteiger partial charge in [-0.2, -0.15) is 0 Å². The van der Waals surface area contributed by atoms with Crippen molar-refractivity contribution in [1.29, 1.82) is 0 Å². The van der Waals surface area contributed by atoms with Crippen LogP contribution in [0.4, 0.5) is 10.3 Å². The van der Waals surface area contributed by atoms with Crippen LogP contribution < -0.4 is 5.32 Å². The maximum atomic E-state index is 13.9. The summed E-state index contributed by atoms with van der Waals surface area (Å²) in [5.41, 5.74) is 0.809. The zero-order valence-electron chi connectivity index (χ0n) is 14.9. The number of nitrogens with zero attached hydrogens (tertiary/aromatic N) is 4. The second-order valence-corrected chi connectivity index (χ2v) is 7.37. The van der Waals surface area contributed by atoms with E-state index in [1.54, 1.807) is 24.3 Å². The lowest BCUT2D eigenvalue weighted by Gasteiger charge is -2.05. The molecule has 1 amide bonds. The van der Waals surface area contributed by atoms with Crippen LogP contribution in [-0.4, -0.2) is 25.8 Å². The molecule has 0 fully saturated rings. The van der Waals surface area contributed by atoms with Gasteiger partial charge < -0.3 is 4.52 Å². The average molecular weight is 467 g/mol. The summed E-state index contributed by atoms with van der Waals surface area (Å²) in [4.78, 5) is 16.4. The Morgan fingerprint density at radius 3 is 2.73 bits per heavy atom. The Balaban J connectivity index is 1.47. The zero-order valence-corrected chi connectivity index (χ0v) is 17.2. The quantitative estimate of drug-likeness (QED) is 0.429. The fourth-order valence-electron chi connectivity index (χ4n) is 2.64. The number of anilines is 1. The second kappa shape index (κ2) is 8.43. The molecule has 0 unspecified atom stereocenters. The summed E-state index contributed by atoms with van der Waals surface area (Å²) in [7, 11) is 0. The molecule has 0 aliphatic rings. The van der Waals surface area contributed by atoms with Crippen molar-refractivity contribution in [1.82, 2.24) is 19.9 Å². The number of hydrogen-bond donors (Lipinski definition) is 1. The maximum absolute atomic E-state index is 13.9. The Morgan fingerprint density at radius 2 is 1.97 bits per heavy atom. The molecule has 0 spiro atoms. The first-order valence-electron chi connectivity index (χ1n) is 8.46. The minimum atomic E-state index is -0.586. The molecule has 11 heteroatoms. The Labute approximate surface area is 184 Å². The average Bonchev–Trinajstić information content (AvgIpc) is 3.35. The summed E-state index contributed by atoms with van der Waals surface area (Å²) < 4.78 is 20.5. The number of rotatable bonds is 5. The number of amides is 1. The first-order valence-corrected chi connectivity index (χ1v) is 9.60. The molecule has 0 aliphatic carbocycles. The fourth-order valence-corrected chi connectivity index (χ4v) is 3.36. The predicted molar refractivity (Wildman–Crippen MR) is 110 cm³/mol. The molecule has 7 nitrogen and oxygen atoms in total. The summed E-state index contributed by atoms with van der Waals surface area (Å²) in [6.45, 7) is 0.0531. The van der Waals surface area contributed by atoms with Crippen LogP contribution in [0.15, 0.2) is 53.3 Å². The maximum Gasteiger partial charge on any atom is 0.280 e. The number of benzene rings is 2. The van der Waals surface area contributed by atoms with Crippen molar-refractivity contribution in [2.45, 2.75) is 6.54 Å². The lowest BCUT2D eigenvalue weighted by Crippen LogP contribution is -2.14. The highest BCUT2D eigenvalue weighted by Crippen LogP contribution is 2.30. The molecule has 4 aromatic rings. The normalized spacial score (nSPS) is 10.9. The minimum Gasteiger partial charge on any atom is -0.355 e. The Morgan fingerprint density at radius 1 is 1.13 bits per heavy atom. The van der Waals surface area contributed by atoms with E-state index in [2.05, 4.69) is 20.6 Å². The molecule has 0 atom stereocenters. The van der Waals surface area contributed by atoms with Crippen molar-refractivity contribution in [3.63, 3.8) is 0 Å². The summed E-state index contributed by atoms with van der Waals surface area (Å²) >= 11 is 18.0. The summed E-state index contributed by atoms with van der Waals surface area (Å²) in [5, 5.41) is 11.4. The van der Waals surface area contributed by atoms with Crippen molar-refractivity contribution in [2.24, 2.45) is 0 Å². The van der Waals surface area contributed by atoms with Crippen molar-refractivity contribution in [3.05, 3.63) is 80.9 Å². The molecule has 30 heavy (non-hydrogen) atoms. The fraction of sp³-hybridized carbons (Fsp3) is 0.0526. The van der Waals surface area contributed by atoms with Gasteiger partial charge in [0.15, 0.2) is 11.5 Å². The van der Waals surface area contributed by atoms with Crippen LogP contribution >= 0.6 is 34.8 Å². The van der Waals surface area contributed by atoms with E-state index in [4.69, 9.17) is 39.3 Å². The molecule has 0 saturated carbocycles. The van der Waals surface area contributed by atoms with Crippen LogP contribution in [0.1, 0.15) is 16.1 Å². The third-order valence-corrected chi connectivity index (χ3v) is 4.98. The third kappa shape index (κ3) is 4.30. The molecule has 152 valence electrons. The van der Waals surface area contributed by atoms with Crippen LogP contribution in [0.3, 0.4) is 0 Å². The number of carbonyl (C=O) groups excluding carboxylic acids is 1. The third-order valence-electron chi connectivity index (χ3n) is 4.08. The largest absolute Gasteiger partial charge is 0.355 e. The minimum absolute atomic E-state index is 0.00418.